The molecule has 1 aliphatic carbocycles. The third-order valence-corrected chi connectivity index (χ3v) is 5.98. The van der Waals surface area contributed by atoms with Gasteiger partial charge in [-0.05, 0) is 64.2 Å². The number of pyridine rings is 1. The summed E-state index contributed by atoms with van der Waals surface area (Å²) in [6.07, 6.45) is 7.14. The molecule has 0 bridgehead atoms. The summed E-state index contributed by atoms with van der Waals surface area (Å²) in [7, 11) is 0. The van der Waals surface area contributed by atoms with Crippen LogP contribution in [0.1, 0.15) is 66.7 Å². The van der Waals surface area contributed by atoms with Gasteiger partial charge in [0.2, 0.25) is 5.91 Å². The molecule has 0 atom stereocenters. The molecule has 6 nitrogen and oxygen atoms in total. The van der Waals surface area contributed by atoms with Gasteiger partial charge in [-0.15, -0.1) is 5.10 Å². The van der Waals surface area contributed by atoms with Crippen LogP contribution < -0.4 is 5.32 Å². The molecular weight excluding hydrogens is 350 g/mol. The van der Waals surface area contributed by atoms with Crippen LogP contribution in [0.15, 0.2) is 6.07 Å². The van der Waals surface area contributed by atoms with Crippen LogP contribution in [0, 0.1) is 27.7 Å². The molecule has 0 saturated heterocycles. The second-order valence-corrected chi connectivity index (χ2v) is 8.18. The number of rotatable bonds is 4. The molecule has 148 valence electrons. The molecule has 1 aliphatic rings. The molecule has 6 heteroatoms. The molecule has 28 heavy (non-hydrogen) atoms. The van der Waals surface area contributed by atoms with Gasteiger partial charge in [0.15, 0.2) is 11.3 Å². The molecule has 0 spiro atoms. The van der Waals surface area contributed by atoms with E-state index in [0.29, 0.717) is 18.9 Å². The third-order valence-electron chi connectivity index (χ3n) is 5.98. The largest absolute Gasteiger partial charge is 0.353 e. The van der Waals surface area contributed by atoms with Gasteiger partial charge in [0, 0.05) is 29.5 Å². The van der Waals surface area contributed by atoms with Crippen molar-refractivity contribution in [1.29, 1.82) is 0 Å². The number of nitrogens with one attached hydrogen (secondary N) is 1. The van der Waals surface area contributed by atoms with E-state index in [4.69, 9.17) is 10.1 Å². The van der Waals surface area contributed by atoms with E-state index in [2.05, 4.69) is 30.2 Å². The van der Waals surface area contributed by atoms with Crippen molar-refractivity contribution < 1.29 is 4.79 Å². The normalized spacial score (nSPS) is 15.4. The highest BCUT2D eigenvalue weighted by atomic mass is 16.1. The lowest BCUT2D eigenvalue weighted by Crippen LogP contribution is -2.36. The molecule has 0 unspecified atom stereocenters. The lowest BCUT2D eigenvalue weighted by molar-refractivity contribution is -0.121. The Bertz CT molecular complexity index is 1050. The Morgan fingerprint density at radius 2 is 1.89 bits per heavy atom. The van der Waals surface area contributed by atoms with Crippen molar-refractivity contribution in [2.45, 2.75) is 78.7 Å². The zero-order valence-corrected chi connectivity index (χ0v) is 17.3. The number of fused-ring (bicyclic) bond motifs is 3. The summed E-state index contributed by atoms with van der Waals surface area (Å²) in [4.78, 5) is 21.8. The number of amides is 1. The molecule has 3 aromatic heterocycles. The van der Waals surface area contributed by atoms with Gasteiger partial charge in [0.25, 0.3) is 0 Å². The van der Waals surface area contributed by atoms with E-state index in [-0.39, 0.29) is 5.91 Å². The van der Waals surface area contributed by atoms with Crippen LogP contribution in [0.4, 0.5) is 0 Å². The average molecular weight is 380 g/mol. The summed E-state index contributed by atoms with van der Waals surface area (Å²) >= 11 is 0. The maximum atomic E-state index is 12.4. The van der Waals surface area contributed by atoms with Crippen LogP contribution in [0.2, 0.25) is 0 Å². The zero-order chi connectivity index (χ0) is 19.8. The Hall–Kier alpha value is -2.50. The van der Waals surface area contributed by atoms with Crippen molar-refractivity contribution in [3.8, 4) is 0 Å². The maximum absolute atomic E-state index is 12.4. The Morgan fingerprint density at radius 1 is 1.14 bits per heavy atom. The number of aromatic nitrogens is 4. The fourth-order valence-corrected chi connectivity index (χ4v) is 4.51. The molecule has 1 saturated carbocycles. The molecular formula is C22H29N5O. The van der Waals surface area contributed by atoms with Crippen molar-refractivity contribution in [3.63, 3.8) is 0 Å². The monoisotopic (exact) mass is 379 g/mol. The van der Waals surface area contributed by atoms with Crippen molar-refractivity contribution in [3.05, 3.63) is 34.3 Å². The summed E-state index contributed by atoms with van der Waals surface area (Å²) in [6, 6.07) is 2.43. The van der Waals surface area contributed by atoms with E-state index in [9.17, 15) is 4.79 Å². The minimum Gasteiger partial charge on any atom is -0.353 e. The lowest BCUT2D eigenvalue weighted by Gasteiger charge is -2.22. The fraction of sp³-hybridized carbons (Fsp3) is 0.545. The van der Waals surface area contributed by atoms with Crippen molar-refractivity contribution in [2.75, 3.05) is 0 Å². The molecule has 3 heterocycles. The van der Waals surface area contributed by atoms with E-state index in [1.54, 1.807) is 0 Å². The molecule has 1 amide bonds. The van der Waals surface area contributed by atoms with Crippen LogP contribution in [0.5, 0.6) is 0 Å². The summed E-state index contributed by atoms with van der Waals surface area (Å²) in [5.41, 5.74) is 6.81. The van der Waals surface area contributed by atoms with Gasteiger partial charge in [0.05, 0.1) is 5.39 Å². The Kier molecular flexibility index (Phi) is 5.04. The van der Waals surface area contributed by atoms with Gasteiger partial charge in [-0.1, -0.05) is 19.3 Å². The molecule has 0 radical (unpaired) electrons. The van der Waals surface area contributed by atoms with E-state index in [1.807, 2.05) is 18.4 Å². The van der Waals surface area contributed by atoms with Gasteiger partial charge in [0.1, 0.15) is 0 Å². The van der Waals surface area contributed by atoms with Crippen molar-refractivity contribution in [1.82, 2.24) is 24.9 Å². The van der Waals surface area contributed by atoms with Gasteiger partial charge in [-0.25, -0.2) is 14.5 Å². The quantitative estimate of drug-likeness (QED) is 0.746. The standard InChI is InChI=1S/C22H29N5O/c1-13-12-14(2)23-21-20(13)22-24-15(3)18(16(4)27(22)26-21)10-11-19(28)25-17-8-6-5-7-9-17/h12,17H,5-11H2,1-4H3,(H,25,28). The van der Waals surface area contributed by atoms with E-state index < -0.39 is 0 Å². The molecule has 1 fully saturated rings. The third kappa shape index (κ3) is 3.48. The number of carbonyl (C=O) groups is 1. The van der Waals surface area contributed by atoms with Crippen LogP contribution >= 0.6 is 0 Å². The summed E-state index contributed by atoms with van der Waals surface area (Å²) < 4.78 is 1.89. The lowest BCUT2D eigenvalue weighted by atomic mass is 9.95. The van der Waals surface area contributed by atoms with Gasteiger partial charge >= 0.3 is 0 Å². The second kappa shape index (κ2) is 7.49. The summed E-state index contributed by atoms with van der Waals surface area (Å²) in [5.74, 6) is 0.143. The SMILES string of the molecule is Cc1cc(C)c2c(n1)nn1c(C)c(CCC(=O)NC3CCCCC3)c(C)nc21. The minimum absolute atomic E-state index is 0.143. The predicted octanol–water partition coefficient (Wildman–Crippen LogP) is 3.89. The van der Waals surface area contributed by atoms with E-state index in [0.717, 1.165) is 57.7 Å². The molecule has 3 aromatic rings. The first-order valence-electron chi connectivity index (χ1n) is 10.4. The van der Waals surface area contributed by atoms with Crippen molar-refractivity contribution in [2.24, 2.45) is 0 Å². The smallest absolute Gasteiger partial charge is 0.220 e. The molecule has 4 rings (SSSR count). The minimum atomic E-state index is 0.143. The Labute approximate surface area is 165 Å². The molecule has 0 aromatic carbocycles. The highest BCUT2D eigenvalue weighted by Gasteiger charge is 2.19. The molecule has 0 aliphatic heterocycles. The predicted molar refractivity (Wildman–Crippen MR) is 111 cm³/mol. The van der Waals surface area contributed by atoms with Crippen LogP contribution in [0.25, 0.3) is 16.7 Å². The fourth-order valence-electron chi connectivity index (χ4n) is 4.51. The maximum Gasteiger partial charge on any atom is 0.220 e. The van der Waals surface area contributed by atoms with Crippen LogP contribution in [-0.4, -0.2) is 31.5 Å². The first kappa shape index (κ1) is 18.8. The Balaban J connectivity index is 1.60. The first-order chi connectivity index (χ1) is 13.4. The average Bonchev–Trinajstić information content (AvgIpc) is 3.01. The van der Waals surface area contributed by atoms with Crippen molar-refractivity contribution >= 4 is 22.6 Å². The first-order valence-corrected chi connectivity index (χ1v) is 10.4. The number of nitrogens with zero attached hydrogens (tertiary/aromatic N) is 4. The van der Waals surface area contributed by atoms with Crippen LogP contribution in [-0.2, 0) is 11.2 Å². The molecule has 1 N–H and O–H groups in total. The summed E-state index contributed by atoms with van der Waals surface area (Å²) in [5, 5.41) is 8.92. The Morgan fingerprint density at radius 3 is 2.64 bits per heavy atom. The second-order valence-electron chi connectivity index (χ2n) is 8.18. The van der Waals surface area contributed by atoms with Crippen LogP contribution in [0.3, 0.4) is 0 Å². The number of hydrogen-bond acceptors (Lipinski definition) is 4. The highest BCUT2D eigenvalue weighted by molar-refractivity contribution is 5.93. The topological polar surface area (TPSA) is 72.2 Å². The zero-order valence-electron chi connectivity index (χ0n) is 17.3. The van der Waals surface area contributed by atoms with Gasteiger partial charge < -0.3 is 5.32 Å². The number of aryl methyl sites for hydroxylation is 4. The highest BCUT2D eigenvalue weighted by Crippen LogP contribution is 2.25. The summed E-state index contributed by atoms with van der Waals surface area (Å²) in [6.45, 7) is 8.15. The van der Waals surface area contributed by atoms with Gasteiger partial charge in [-0.3, -0.25) is 4.79 Å². The number of carbonyl (C=O) groups excluding carboxylic acids is 1. The number of hydrogen-bond donors (Lipinski definition) is 1. The van der Waals surface area contributed by atoms with E-state index in [1.165, 1.54) is 19.3 Å². The van der Waals surface area contributed by atoms with E-state index >= 15 is 0 Å². The van der Waals surface area contributed by atoms with Gasteiger partial charge in [-0.2, -0.15) is 0 Å².